The third-order valence-electron chi connectivity index (χ3n) is 3.42. The van der Waals surface area contributed by atoms with Gasteiger partial charge in [-0.15, -0.1) is 0 Å². The summed E-state index contributed by atoms with van der Waals surface area (Å²) in [6.45, 7) is 3.36. The number of hydrogen-bond acceptors (Lipinski definition) is 3. The van der Waals surface area contributed by atoms with Gasteiger partial charge in [-0.3, -0.25) is 4.79 Å². The largest absolute Gasteiger partial charge is 0.466 e. The highest BCUT2D eigenvalue weighted by Gasteiger charge is 2.34. The Morgan fingerprint density at radius 2 is 2.05 bits per heavy atom. The topological polar surface area (TPSA) is 38.3 Å². The number of carbonyl (C=O) groups is 1. The number of halogens is 2. The molecule has 0 amide bonds. The van der Waals surface area contributed by atoms with Crippen LogP contribution in [0, 0.1) is 5.92 Å². The molecular formula is C14H17F2NO2. The lowest BCUT2D eigenvalue weighted by Gasteiger charge is -2.17. The molecule has 2 atom stereocenters. The summed E-state index contributed by atoms with van der Waals surface area (Å²) in [5, 5.41) is 3.15. The first-order valence-corrected chi connectivity index (χ1v) is 6.38. The average Bonchev–Trinajstić information content (AvgIpc) is 2.88. The Kier molecular flexibility index (Phi) is 4.47. The molecule has 1 aliphatic rings. The van der Waals surface area contributed by atoms with E-state index in [-0.39, 0.29) is 23.4 Å². The molecule has 2 unspecified atom stereocenters. The van der Waals surface area contributed by atoms with Gasteiger partial charge in [0.2, 0.25) is 0 Å². The van der Waals surface area contributed by atoms with Crippen LogP contribution in [0.3, 0.4) is 0 Å². The molecule has 0 saturated carbocycles. The van der Waals surface area contributed by atoms with E-state index in [9.17, 15) is 13.6 Å². The third-order valence-corrected chi connectivity index (χ3v) is 3.42. The standard InChI is InChI=1S/C14H17F2NO2/c1-2-19-14(18)12-8-17-7-11(12)9-3-5-10(6-4-9)13(15)16/h3-6,11-13,17H,2,7-8H2,1H3. The maximum Gasteiger partial charge on any atom is 0.310 e. The molecule has 1 fully saturated rings. The summed E-state index contributed by atoms with van der Waals surface area (Å²) < 4.78 is 30.0. The van der Waals surface area contributed by atoms with Crippen LogP contribution in [0.2, 0.25) is 0 Å². The van der Waals surface area contributed by atoms with Gasteiger partial charge in [0.1, 0.15) is 0 Å². The number of esters is 1. The van der Waals surface area contributed by atoms with Crippen LogP contribution in [-0.4, -0.2) is 25.7 Å². The van der Waals surface area contributed by atoms with E-state index < -0.39 is 6.43 Å². The predicted molar refractivity (Wildman–Crippen MR) is 67.1 cm³/mol. The highest BCUT2D eigenvalue weighted by atomic mass is 19.3. The SMILES string of the molecule is CCOC(=O)C1CNCC1c1ccc(C(F)F)cc1. The number of nitrogens with one attached hydrogen (secondary N) is 1. The fourth-order valence-electron chi connectivity index (χ4n) is 2.41. The number of ether oxygens (including phenoxy) is 1. The summed E-state index contributed by atoms with van der Waals surface area (Å²) in [7, 11) is 0. The number of benzene rings is 1. The Hall–Kier alpha value is -1.49. The van der Waals surface area contributed by atoms with Gasteiger partial charge in [-0.1, -0.05) is 24.3 Å². The third kappa shape index (κ3) is 3.10. The van der Waals surface area contributed by atoms with Crippen molar-refractivity contribution in [1.82, 2.24) is 5.32 Å². The van der Waals surface area contributed by atoms with Gasteiger partial charge in [0.15, 0.2) is 0 Å². The molecule has 0 aliphatic carbocycles. The van der Waals surface area contributed by atoms with E-state index in [2.05, 4.69) is 5.32 Å². The highest BCUT2D eigenvalue weighted by Crippen LogP contribution is 2.30. The highest BCUT2D eigenvalue weighted by molar-refractivity contribution is 5.74. The fourth-order valence-corrected chi connectivity index (χ4v) is 2.41. The number of carbonyl (C=O) groups excluding carboxylic acids is 1. The van der Waals surface area contributed by atoms with E-state index in [1.54, 1.807) is 19.1 Å². The van der Waals surface area contributed by atoms with Crippen molar-refractivity contribution in [3.8, 4) is 0 Å². The molecule has 1 saturated heterocycles. The zero-order valence-electron chi connectivity index (χ0n) is 10.7. The second kappa shape index (κ2) is 6.10. The molecule has 0 bridgehead atoms. The lowest BCUT2D eigenvalue weighted by atomic mass is 9.88. The predicted octanol–water partition coefficient (Wildman–Crippen LogP) is 2.49. The van der Waals surface area contributed by atoms with Crippen LogP contribution in [0.1, 0.15) is 30.4 Å². The quantitative estimate of drug-likeness (QED) is 0.853. The zero-order valence-corrected chi connectivity index (χ0v) is 10.7. The maximum atomic E-state index is 12.5. The zero-order chi connectivity index (χ0) is 13.8. The molecule has 19 heavy (non-hydrogen) atoms. The fraction of sp³-hybridized carbons (Fsp3) is 0.500. The first-order valence-electron chi connectivity index (χ1n) is 6.38. The lowest BCUT2D eigenvalue weighted by Crippen LogP contribution is -2.24. The Bertz CT molecular complexity index is 434. The van der Waals surface area contributed by atoms with Crippen LogP contribution in [0.4, 0.5) is 8.78 Å². The summed E-state index contributed by atoms with van der Waals surface area (Å²) in [4.78, 5) is 11.8. The second-order valence-corrected chi connectivity index (χ2v) is 4.59. The Labute approximate surface area is 111 Å². The first kappa shape index (κ1) is 13.9. The molecule has 1 aliphatic heterocycles. The van der Waals surface area contributed by atoms with Crippen molar-refractivity contribution in [2.24, 2.45) is 5.92 Å². The van der Waals surface area contributed by atoms with Gasteiger partial charge in [-0.25, -0.2) is 8.78 Å². The van der Waals surface area contributed by atoms with Crippen molar-refractivity contribution in [2.45, 2.75) is 19.3 Å². The van der Waals surface area contributed by atoms with Crippen LogP contribution in [0.25, 0.3) is 0 Å². The smallest absolute Gasteiger partial charge is 0.310 e. The molecule has 0 aromatic heterocycles. The molecule has 104 valence electrons. The van der Waals surface area contributed by atoms with Gasteiger partial charge >= 0.3 is 5.97 Å². The molecule has 5 heteroatoms. The summed E-state index contributed by atoms with van der Waals surface area (Å²) in [6.07, 6.45) is -2.46. The average molecular weight is 269 g/mol. The van der Waals surface area contributed by atoms with Crippen LogP contribution in [-0.2, 0) is 9.53 Å². The van der Waals surface area contributed by atoms with Crippen LogP contribution >= 0.6 is 0 Å². The van der Waals surface area contributed by atoms with Crippen molar-refractivity contribution >= 4 is 5.97 Å². The van der Waals surface area contributed by atoms with Crippen LogP contribution in [0.15, 0.2) is 24.3 Å². The minimum Gasteiger partial charge on any atom is -0.466 e. The monoisotopic (exact) mass is 269 g/mol. The minimum atomic E-state index is -2.46. The number of rotatable bonds is 4. The van der Waals surface area contributed by atoms with Gasteiger partial charge in [-0.2, -0.15) is 0 Å². The van der Waals surface area contributed by atoms with Gasteiger partial charge in [-0.05, 0) is 12.5 Å². The van der Waals surface area contributed by atoms with Crippen molar-refractivity contribution < 1.29 is 18.3 Å². The molecule has 2 rings (SSSR count). The summed E-state index contributed by atoms with van der Waals surface area (Å²) >= 11 is 0. The minimum absolute atomic E-state index is 0.00221. The Balaban J connectivity index is 2.13. The van der Waals surface area contributed by atoms with E-state index in [0.29, 0.717) is 19.7 Å². The van der Waals surface area contributed by atoms with E-state index in [4.69, 9.17) is 4.74 Å². The number of alkyl halides is 2. The van der Waals surface area contributed by atoms with E-state index in [0.717, 1.165) is 5.56 Å². The molecule has 1 aromatic rings. The van der Waals surface area contributed by atoms with E-state index >= 15 is 0 Å². The Morgan fingerprint density at radius 3 is 2.63 bits per heavy atom. The van der Waals surface area contributed by atoms with E-state index in [1.165, 1.54) is 12.1 Å². The van der Waals surface area contributed by atoms with Crippen molar-refractivity contribution in [2.75, 3.05) is 19.7 Å². The van der Waals surface area contributed by atoms with Gasteiger partial charge in [0, 0.05) is 24.6 Å². The van der Waals surface area contributed by atoms with Crippen molar-refractivity contribution in [3.63, 3.8) is 0 Å². The summed E-state index contributed by atoms with van der Waals surface area (Å²) in [5.41, 5.74) is 0.898. The number of hydrogen-bond donors (Lipinski definition) is 1. The molecule has 0 radical (unpaired) electrons. The van der Waals surface area contributed by atoms with Crippen LogP contribution in [0.5, 0.6) is 0 Å². The second-order valence-electron chi connectivity index (χ2n) is 4.59. The lowest BCUT2D eigenvalue weighted by molar-refractivity contribution is -0.147. The molecule has 1 N–H and O–H groups in total. The molecule has 3 nitrogen and oxygen atoms in total. The van der Waals surface area contributed by atoms with Gasteiger partial charge in [0.25, 0.3) is 6.43 Å². The molecule has 0 spiro atoms. The van der Waals surface area contributed by atoms with Gasteiger partial charge < -0.3 is 10.1 Å². The summed E-state index contributed by atoms with van der Waals surface area (Å²) in [6, 6.07) is 6.18. The molecule has 1 heterocycles. The van der Waals surface area contributed by atoms with E-state index in [1.807, 2.05) is 0 Å². The first-order chi connectivity index (χ1) is 9.13. The molecular weight excluding hydrogens is 252 g/mol. The molecule has 1 aromatic carbocycles. The van der Waals surface area contributed by atoms with Crippen molar-refractivity contribution in [1.29, 1.82) is 0 Å². The van der Waals surface area contributed by atoms with Crippen LogP contribution < -0.4 is 5.32 Å². The Morgan fingerprint density at radius 1 is 1.37 bits per heavy atom. The summed E-state index contributed by atoms with van der Waals surface area (Å²) in [5.74, 6) is -0.474. The maximum absolute atomic E-state index is 12.5. The normalized spacial score (nSPS) is 22.7. The van der Waals surface area contributed by atoms with Crippen molar-refractivity contribution in [3.05, 3.63) is 35.4 Å². The van der Waals surface area contributed by atoms with Gasteiger partial charge in [0.05, 0.1) is 12.5 Å².